The molecule has 342 valence electrons. The second-order valence-corrected chi connectivity index (χ2v) is 17.7. The van der Waals surface area contributed by atoms with Crippen LogP contribution in [0.15, 0.2) is 48.8 Å². The number of amides is 2. The van der Waals surface area contributed by atoms with Crippen LogP contribution in [0.5, 0.6) is 0 Å². The van der Waals surface area contributed by atoms with Crippen LogP contribution in [0.3, 0.4) is 0 Å². The van der Waals surface area contributed by atoms with E-state index in [0.29, 0.717) is 6.42 Å². The van der Waals surface area contributed by atoms with Gasteiger partial charge in [-0.15, -0.1) is 0 Å². The Bertz CT molecular complexity index is 1910. The molecule has 5 rings (SSSR count). The van der Waals surface area contributed by atoms with E-state index in [2.05, 4.69) is 15.7 Å². The number of esters is 2. The van der Waals surface area contributed by atoms with Crippen molar-refractivity contribution in [3.05, 3.63) is 54.4 Å². The van der Waals surface area contributed by atoms with Crippen LogP contribution in [0.1, 0.15) is 87.1 Å². The molecule has 3 aliphatic heterocycles. The normalized spacial score (nSPS) is 35.9. The molecule has 0 spiro atoms. The van der Waals surface area contributed by atoms with Crippen molar-refractivity contribution in [2.75, 3.05) is 20.6 Å². The number of nitrogens with zero attached hydrogens (tertiary/aromatic N) is 3. The third kappa shape index (κ3) is 10.8. The molecule has 1 aromatic carbocycles. The molecule has 0 radical (unpaired) electrons. The number of ether oxygens (including phenoxy) is 6. The van der Waals surface area contributed by atoms with Crippen LogP contribution in [0.4, 0.5) is 9.59 Å². The van der Waals surface area contributed by atoms with Gasteiger partial charge in [0.15, 0.2) is 18.0 Å². The average molecular weight is 868 g/mol. The fraction of sp³-hybridized carbons (Fsp3) is 0.644. The number of cyclic esters (lactones) is 1. The summed E-state index contributed by atoms with van der Waals surface area (Å²) in [7, 11) is 3.70. The number of aliphatic hydroxyl groups is 1. The SMILES string of the molecule is CC[C@H]1OC(=O)[C@H](C)[C@@H](O)[C@H](C)[C@@H](O[C@@H]2O[C@H](C)C[C@H](N(C)C)[C@H]2OC(C)=O)[C@](C)(OC(=O)NC/C=C/c2ccc(-n3cccn3)cc2)C[C@@H](C)C(=O)[C@H](C)[C@H]2NC(=O)O[C@@]21C. The van der Waals surface area contributed by atoms with Crippen molar-refractivity contribution in [2.24, 2.45) is 23.7 Å². The molecule has 1 aromatic heterocycles. The summed E-state index contributed by atoms with van der Waals surface area (Å²) in [6.45, 7) is 14.7. The number of alkyl carbamates (subject to hydrolysis) is 2. The molecule has 0 saturated carbocycles. The number of nitrogens with one attached hydrogen (secondary N) is 2. The molecule has 62 heavy (non-hydrogen) atoms. The lowest BCUT2D eigenvalue weighted by Gasteiger charge is -2.48. The van der Waals surface area contributed by atoms with E-state index in [0.717, 1.165) is 11.3 Å². The van der Waals surface area contributed by atoms with Gasteiger partial charge in [0.05, 0.1) is 35.9 Å². The number of benzene rings is 1. The average Bonchev–Trinajstić information content (AvgIpc) is 3.87. The molecular weight excluding hydrogens is 803 g/mol. The Hall–Kier alpha value is -4.84. The lowest BCUT2D eigenvalue weighted by molar-refractivity contribution is -0.300. The number of rotatable bonds is 10. The zero-order valence-electron chi connectivity index (χ0n) is 37.7. The lowest BCUT2D eigenvalue weighted by Crippen LogP contribution is -2.61. The minimum absolute atomic E-state index is 0.0642. The number of Topliss-reactive ketones (excluding diaryl/α,β-unsaturated/α-hetero) is 1. The highest BCUT2D eigenvalue weighted by molar-refractivity contribution is 5.85. The van der Waals surface area contributed by atoms with Gasteiger partial charge in [0.2, 0.25) is 0 Å². The molecule has 17 nitrogen and oxygen atoms in total. The number of carbonyl (C=O) groups is 5. The summed E-state index contributed by atoms with van der Waals surface area (Å²) in [6, 6.07) is 8.25. The van der Waals surface area contributed by atoms with Gasteiger partial charge in [-0.1, -0.05) is 52.0 Å². The molecule has 4 heterocycles. The molecule has 2 aromatic rings. The summed E-state index contributed by atoms with van der Waals surface area (Å²) in [5.74, 6) is -5.51. The van der Waals surface area contributed by atoms with Crippen molar-refractivity contribution in [2.45, 2.75) is 142 Å². The Morgan fingerprint density at radius 2 is 1.77 bits per heavy atom. The van der Waals surface area contributed by atoms with Gasteiger partial charge < -0.3 is 49.1 Å². The van der Waals surface area contributed by atoms with Gasteiger partial charge in [0.1, 0.15) is 23.6 Å². The second kappa shape index (κ2) is 20.1. The Morgan fingerprint density at radius 3 is 2.39 bits per heavy atom. The van der Waals surface area contributed by atoms with Gasteiger partial charge in [0.25, 0.3) is 0 Å². The molecule has 3 aliphatic rings. The smallest absolute Gasteiger partial charge is 0.408 e. The predicted molar refractivity (Wildman–Crippen MR) is 227 cm³/mol. The Labute approximate surface area is 364 Å². The van der Waals surface area contributed by atoms with Gasteiger partial charge in [-0.2, -0.15) is 5.10 Å². The minimum Gasteiger partial charge on any atom is -0.458 e. The van der Waals surface area contributed by atoms with E-state index in [9.17, 15) is 29.1 Å². The molecule has 3 saturated heterocycles. The summed E-state index contributed by atoms with van der Waals surface area (Å²) in [6.07, 6.45) is -0.159. The molecular formula is C45H65N5O12. The monoisotopic (exact) mass is 867 g/mol. The van der Waals surface area contributed by atoms with Crippen molar-refractivity contribution < 1.29 is 57.5 Å². The van der Waals surface area contributed by atoms with Crippen LogP contribution in [-0.4, -0.2) is 130 Å². The van der Waals surface area contributed by atoms with Crippen LogP contribution in [0.25, 0.3) is 11.8 Å². The van der Waals surface area contributed by atoms with Crippen molar-refractivity contribution in [1.29, 1.82) is 0 Å². The molecule has 0 aliphatic carbocycles. The van der Waals surface area contributed by atoms with E-state index in [1.807, 2.05) is 68.5 Å². The predicted octanol–water partition coefficient (Wildman–Crippen LogP) is 4.82. The zero-order valence-corrected chi connectivity index (χ0v) is 37.7. The summed E-state index contributed by atoms with van der Waals surface area (Å²) in [5, 5.41) is 21.9. The molecule has 17 heteroatoms. The van der Waals surface area contributed by atoms with Crippen molar-refractivity contribution >= 4 is 36.0 Å². The van der Waals surface area contributed by atoms with Gasteiger partial charge in [-0.05, 0) is 84.8 Å². The van der Waals surface area contributed by atoms with Crippen LogP contribution in [0.2, 0.25) is 0 Å². The number of aliphatic hydroxyl groups excluding tert-OH is 1. The number of hydrogen-bond acceptors (Lipinski definition) is 14. The minimum atomic E-state index is -1.72. The van der Waals surface area contributed by atoms with Gasteiger partial charge in [-0.3, -0.25) is 14.4 Å². The number of hydrogen-bond donors (Lipinski definition) is 3. The van der Waals surface area contributed by atoms with Gasteiger partial charge in [-0.25, -0.2) is 14.3 Å². The molecule has 2 amide bonds. The Morgan fingerprint density at radius 1 is 1.08 bits per heavy atom. The van der Waals surface area contributed by atoms with Gasteiger partial charge >= 0.3 is 24.1 Å². The van der Waals surface area contributed by atoms with Crippen molar-refractivity contribution in [3.63, 3.8) is 0 Å². The lowest BCUT2D eigenvalue weighted by atomic mass is 9.73. The van der Waals surface area contributed by atoms with Crippen molar-refractivity contribution in [3.8, 4) is 5.69 Å². The summed E-state index contributed by atoms with van der Waals surface area (Å²) in [4.78, 5) is 69.7. The first-order valence-electron chi connectivity index (χ1n) is 21.5. The van der Waals surface area contributed by atoms with Crippen LogP contribution >= 0.6 is 0 Å². The molecule has 3 fully saturated rings. The van der Waals surface area contributed by atoms with Crippen molar-refractivity contribution in [1.82, 2.24) is 25.3 Å². The highest BCUT2D eigenvalue weighted by Gasteiger charge is 2.58. The molecule has 14 atom stereocenters. The zero-order chi connectivity index (χ0) is 45.7. The summed E-state index contributed by atoms with van der Waals surface area (Å²) < 4.78 is 38.9. The number of carbonyl (C=O) groups excluding carboxylic acids is 5. The van der Waals surface area contributed by atoms with Crippen LogP contribution < -0.4 is 10.6 Å². The number of ketones is 1. The number of likely N-dealkylation sites (N-methyl/N-ethyl adjacent to an activating group) is 1. The number of aromatic nitrogens is 2. The van der Waals surface area contributed by atoms with E-state index in [1.165, 1.54) is 13.8 Å². The van der Waals surface area contributed by atoms with E-state index < -0.39 is 95.7 Å². The molecule has 0 unspecified atom stereocenters. The molecule has 0 bridgehead atoms. The highest BCUT2D eigenvalue weighted by Crippen LogP contribution is 2.41. The maximum absolute atomic E-state index is 14.5. The van der Waals surface area contributed by atoms with E-state index in [4.69, 9.17) is 28.4 Å². The van der Waals surface area contributed by atoms with E-state index in [1.54, 1.807) is 58.5 Å². The third-order valence-corrected chi connectivity index (χ3v) is 12.6. The third-order valence-electron chi connectivity index (χ3n) is 12.6. The fourth-order valence-corrected chi connectivity index (χ4v) is 9.29. The largest absolute Gasteiger partial charge is 0.458 e. The quantitative estimate of drug-likeness (QED) is 0.216. The topological polar surface area (TPSA) is 206 Å². The highest BCUT2D eigenvalue weighted by atomic mass is 16.7. The summed E-state index contributed by atoms with van der Waals surface area (Å²) in [5.41, 5.74) is -1.38. The van der Waals surface area contributed by atoms with Crippen LogP contribution in [-0.2, 0) is 42.8 Å². The Balaban J connectivity index is 1.52. The van der Waals surface area contributed by atoms with Gasteiger partial charge in [0, 0.05) is 43.6 Å². The summed E-state index contributed by atoms with van der Waals surface area (Å²) >= 11 is 0. The fourth-order valence-electron chi connectivity index (χ4n) is 9.29. The van der Waals surface area contributed by atoms with Crippen LogP contribution in [0, 0.1) is 23.7 Å². The Kier molecular flexibility index (Phi) is 15.6. The maximum Gasteiger partial charge on any atom is 0.408 e. The molecule has 3 N–H and O–H groups in total. The number of fused-ring (bicyclic) bond motifs is 1. The standard InChI is InChI=1S/C45H65N5O12/c1-12-34-45(9)38(48-43(56)62-45)27(4)35(52)25(2)24-44(8,61-42(55)46-20-13-15-31-16-18-32(19-17-31)50-22-14-21-47-50)39(28(5)36(53)29(6)40(54)59-34)60-41-37(58-30(7)51)33(49(10)11)23-26(3)57-41/h13-19,21-22,25-29,33-34,36-39,41,53H,12,20,23-24H2,1-11H3,(H,46,55)(H,48,56)/b15-13+/t25-,26-,27+,28+,29-,33+,34-,36+,37-,38-,39-,41+,44-,45-/m1/s1. The first kappa shape index (κ1) is 48.2. The first-order chi connectivity index (χ1) is 29.2. The van der Waals surface area contributed by atoms with E-state index in [-0.39, 0.29) is 37.3 Å². The second-order valence-electron chi connectivity index (χ2n) is 17.7. The van der Waals surface area contributed by atoms with E-state index >= 15 is 0 Å². The first-order valence-corrected chi connectivity index (χ1v) is 21.5. The maximum atomic E-state index is 14.5.